The molecular formula is C16H14ClFN4O2. The molecule has 2 heterocycles. The maximum absolute atomic E-state index is 12.4. The molecule has 2 aromatic heterocycles. The molecule has 2 aromatic rings. The number of hydrogen-bond acceptors (Lipinski definition) is 5. The van der Waals surface area contributed by atoms with Crippen LogP contribution in [0.5, 0.6) is 0 Å². The van der Waals surface area contributed by atoms with Crippen LogP contribution in [0.1, 0.15) is 21.9 Å². The van der Waals surface area contributed by atoms with Gasteiger partial charge in [0.25, 0.3) is 5.91 Å². The molecule has 0 unspecified atom stereocenters. The third kappa shape index (κ3) is 4.14. The fourth-order valence-electron chi connectivity index (χ4n) is 1.84. The lowest BCUT2D eigenvalue weighted by Gasteiger charge is -2.08. The smallest absolute Gasteiger partial charge is 0.322 e. The molecule has 1 amide bonds. The molecule has 0 saturated carbocycles. The summed E-state index contributed by atoms with van der Waals surface area (Å²) in [6, 6.07) is 1.42. The Bertz CT molecular complexity index is 814. The highest BCUT2D eigenvalue weighted by Crippen LogP contribution is 2.27. The van der Waals surface area contributed by atoms with Gasteiger partial charge in [0.15, 0.2) is 0 Å². The summed E-state index contributed by atoms with van der Waals surface area (Å²) in [6.07, 6.45) is 7.38. The van der Waals surface area contributed by atoms with Gasteiger partial charge in [0.2, 0.25) is 5.89 Å². The Kier molecular flexibility index (Phi) is 5.97. The summed E-state index contributed by atoms with van der Waals surface area (Å²) < 4.78 is 17.5. The highest BCUT2D eigenvalue weighted by Gasteiger charge is 2.17. The SMILES string of the molecule is C=C/C=C(\C=C/CF)c1nccc(C(=O)Nc2nnc(C)o2)c1Cl. The van der Waals surface area contributed by atoms with Crippen LogP contribution < -0.4 is 5.32 Å². The first-order valence-electron chi connectivity index (χ1n) is 6.88. The van der Waals surface area contributed by atoms with E-state index in [9.17, 15) is 9.18 Å². The van der Waals surface area contributed by atoms with Gasteiger partial charge in [-0.1, -0.05) is 47.6 Å². The maximum atomic E-state index is 12.4. The summed E-state index contributed by atoms with van der Waals surface area (Å²) in [5.74, 6) is -0.209. The summed E-state index contributed by atoms with van der Waals surface area (Å²) >= 11 is 6.29. The van der Waals surface area contributed by atoms with Crippen LogP contribution in [-0.2, 0) is 0 Å². The van der Waals surface area contributed by atoms with Gasteiger partial charge in [0.05, 0.1) is 16.3 Å². The molecular weight excluding hydrogens is 335 g/mol. The minimum Gasteiger partial charge on any atom is -0.408 e. The molecule has 0 aliphatic heterocycles. The van der Waals surface area contributed by atoms with Crippen LogP contribution in [0.2, 0.25) is 5.02 Å². The van der Waals surface area contributed by atoms with E-state index in [-0.39, 0.29) is 16.6 Å². The molecule has 0 spiro atoms. The number of carbonyl (C=O) groups excluding carboxylic acids is 1. The molecule has 0 aromatic carbocycles. The lowest BCUT2D eigenvalue weighted by Crippen LogP contribution is -2.13. The van der Waals surface area contributed by atoms with Gasteiger partial charge in [-0.25, -0.2) is 4.39 Å². The second kappa shape index (κ2) is 8.16. The monoisotopic (exact) mass is 348 g/mol. The third-order valence-electron chi connectivity index (χ3n) is 2.84. The van der Waals surface area contributed by atoms with Crippen molar-refractivity contribution in [2.24, 2.45) is 0 Å². The fourth-order valence-corrected chi connectivity index (χ4v) is 2.15. The molecule has 6 nitrogen and oxygen atoms in total. The number of amides is 1. The van der Waals surface area contributed by atoms with E-state index in [4.69, 9.17) is 16.0 Å². The molecule has 0 bridgehead atoms. The van der Waals surface area contributed by atoms with Crippen LogP contribution in [0.25, 0.3) is 5.57 Å². The number of allylic oxidation sites excluding steroid dienone is 5. The Morgan fingerprint density at radius 3 is 2.92 bits per heavy atom. The van der Waals surface area contributed by atoms with Gasteiger partial charge in [-0.3, -0.25) is 15.1 Å². The number of nitrogens with zero attached hydrogens (tertiary/aromatic N) is 3. The highest BCUT2D eigenvalue weighted by atomic mass is 35.5. The lowest BCUT2D eigenvalue weighted by atomic mass is 10.1. The van der Waals surface area contributed by atoms with Crippen LogP contribution >= 0.6 is 11.6 Å². The summed E-state index contributed by atoms with van der Waals surface area (Å²) in [4.78, 5) is 16.5. The molecule has 124 valence electrons. The summed E-state index contributed by atoms with van der Waals surface area (Å²) in [7, 11) is 0. The van der Waals surface area contributed by atoms with Crippen molar-refractivity contribution >= 4 is 29.1 Å². The molecule has 0 aliphatic rings. The van der Waals surface area contributed by atoms with Crippen LogP contribution in [0, 0.1) is 6.92 Å². The number of nitrogens with one attached hydrogen (secondary N) is 1. The molecule has 0 saturated heterocycles. The quantitative estimate of drug-likeness (QED) is 0.803. The van der Waals surface area contributed by atoms with E-state index in [1.165, 1.54) is 30.5 Å². The molecule has 0 fully saturated rings. The number of anilines is 1. The summed E-state index contributed by atoms with van der Waals surface area (Å²) in [5.41, 5.74) is 1.02. The van der Waals surface area contributed by atoms with Crippen molar-refractivity contribution in [1.29, 1.82) is 0 Å². The van der Waals surface area contributed by atoms with Crippen molar-refractivity contribution in [3.05, 3.63) is 65.3 Å². The predicted octanol–water partition coefficient (Wildman–Crippen LogP) is 3.77. The number of rotatable bonds is 6. The third-order valence-corrected chi connectivity index (χ3v) is 3.22. The van der Waals surface area contributed by atoms with E-state index < -0.39 is 12.6 Å². The van der Waals surface area contributed by atoms with Crippen molar-refractivity contribution in [3.8, 4) is 0 Å². The van der Waals surface area contributed by atoms with Gasteiger partial charge in [-0.15, -0.1) is 5.10 Å². The Hall–Kier alpha value is -2.80. The van der Waals surface area contributed by atoms with E-state index in [1.807, 2.05) is 0 Å². The number of alkyl halides is 1. The van der Waals surface area contributed by atoms with Crippen LogP contribution in [0.3, 0.4) is 0 Å². The number of carbonyl (C=O) groups is 1. The normalized spacial score (nSPS) is 11.7. The first-order valence-corrected chi connectivity index (χ1v) is 7.26. The number of aryl methyl sites for hydroxylation is 1. The van der Waals surface area contributed by atoms with Crippen molar-refractivity contribution in [3.63, 3.8) is 0 Å². The van der Waals surface area contributed by atoms with Crippen molar-refractivity contribution < 1.29 is 13.6 Å². The number of halogens is 2. The Morgan fingerprint density at radius 1 is 1.50 bits per heavy atom. The molecule has 0 aliphatic carbocycles. The largest absolute Gasteiger partial charge is 0.408 e. The standard InChI is InChI=1S/C16H14ClFN4O2/c1-3-5-11(6-4-8-18)14-13(17)12(7-9-19-14)15(23)20-16-22-21-10(2)24-16/h3-7,9H,1,8H2,2H3,(H,20,22,23)/b6-4-,11-5+. The molecule has 8 heteroatoms. The van der Waals surface area contributed by atoms with Gasteiger partial charge in [-0.05, 0) is 6.07 Å². The number of pyridine rings is 1. The van der Waals surface area contributed by atoms with Gasteiger partial charge in [0, 0.05) is 18.7 Å². The average molecular weight is 349 g/mol. The van der Waals surface area contributed by atoms with Crippen molar-refractivity contribution in [1.82, 2.24) is 15.2 Å². The van der Waals surface area contributed by atoms with Gasteiger partial charge < -0.3 is 4.42 Å². The number of aromatic nitrogens is 3. The van der Waals surface area contributed by atoms with E-state index in [2.05, 4.69) is 27.1 Å². The molecule has 2 rings (SSSR count). The minimum absolute atomic E-state index is 0.0360. The van der Waals surface area contributed by atoms with Crippen molar-refractivity contribution in [2.75, 3.05) is 12.0 Å². The second-order valence-corrected chi connectivity index (χ2v) is 4.89. The number of hydrogen-bond donors (Lipinski definition) is 1. The van der Waals surface area contributed by atoms with E-state index >= 15 is 0 Å². The van der Waals surface area contributed by atoms with Crippen LogP contribution in [0.4, 0.5) is 10.4 Å². The Morgan fingerprint density at radius 2 is 2.29 bits per heavy atom. The van der Waals surface area contributed by atoms with Gasteiger partial charge in [-0.2, -0.15) is 0 Å². The van der Waals surface area contributed by atoms with Crippen molar-refractivity contribution in [2.45, 2.75) is 6.92 Å². The van der Waals surface area contributed by atoms with Gasteiger partial charge >= 0.3 is 6.01 Å². The maximum Gasteiger partial charge on any atom is 0.322 e. The lowest BCUT2D eigenvalue weighted by molar-refractivity contribution is 0.102. The fraction of sp³-hybridized carbons (Fsp3) is 0.125. The predicted molar refractivity (Wildman–Crippen MR) is 89.5 cm³/mol. The molecule has 1 N–H and O–H groups in total. The average Bonchev–Trinajstić information content (AvgIpc) is 2.96. The second-order valence-electron chi connectivity index (χ2n) is 4.52. The Balaban J connectivity index is 2.35. The molecule has 0 radical (unpaired) electrons. The summed E-state index contributed by atoms with van der Waals surface area (Å²) in [5, 5.41) is 9.87. The zero-order valence-electron chi connectivity index (χ0n) is 12.8. The molecule has 24 heavy (non-hydrogen) atoms. The first kappa shape index (κ1) is 17.6. The van der Waals surface area contributed by atoms with Crippen LogP contribution in [0.15, 0.2) is 47.6 Å². The summed E-state index contributed by atoms with van der Waals surface area (Å²) in [6.45, 7) is 4.56. The van der Waals surface area contributed by atoms with E-state index in [0.717, 1.165) is 0 Å². The van der Waals surface area contributed by atoms with Gasteiger partial charge in [0.1, 0.15) is 6.67 Å². The zero-order chi connectivity index (χ0) is 17.5. The minimum atomic E-state index is -0.636. The van der Waals surface area contributed by atoms with Crippen LogP contribution in [-0.4, -0.2) is 27.8 Å². The zero-order valence-corrected chi connectivity index (χ0v) is 13.5. The molecule has 0 atom stereocenters. The van der Waals surface area contributed by atoms with E-state index in [0.29, 0.717) is 17.2 Å². The Labute approximate surface area is 142 Å². The topological polar surface area (TPSA) is 80.9 Å². The first-order chi connectivity index (χ1) is 11.6. The van der Waals surface area contributed by atoms with E-state index in [1.54, 1.807) is 13.0 Å². The highest BCUT2D eigenvalue weighted by molar-refractivity contribution is 6.36.